The van der Waals surface area contributed by atoms with Gasteiger partial charge in [-0.3, -0.25) is 14.6 Å². The van der Waals surface area contributed by atoms with E-state index in [0.717, 1.165) is 138 Å². The van der Waals surface area contributed by atoms with Gasteiger partial charge in [-0.1, -0.05) is 99.8 Å². The minimum absolute atomic E-state index is 0.00609. The summed E-state index contributed by atoms with van der Waals surface area (Å²) in [5, 5.41) is 25.5. The average molecular weight is 1020 g/mol. The molecule has 1 saturated carbocycles. The molecule has 1 spiro atoms. The van der Waals surface area contributed by atoms with Gasteiger partial charge in [-0.05, 0) is 149 Å². The molecule has 6 aliphatic heterocycles. The van der Waals surface area contributed by atoms with Crippen LogP contribution in [0.25, 0.3) is 0 Å². The summed E-state index contributed by atoms with van der Waals surface area (Å²) in [5.74, 6) is 1.16. The zero-order chi connectivity index (χ0) is 52.2. The lowest BCUT2D eigenvalue weighted by Gasteiger charge is -2.53. The van der Waals surface area contributed by atoms with E-state index >= 15 is 14.4 Å². The van der Waals surface area contributed by atoms with E-state index in [0.29, 0.717) is 35.9 Å². The maximum Gasteiger partial charge on any atom is 0.350 e. The molecule has 14 heteroatoms. The molecule has 2 saturated heterocycles. The normalized spacial score (nSPS) is 36.9. The van der Waals surface area contributed by atoms with Gasteiger partial charge in [0.2, 0.25) is 5.78 Å². The van der Waals surface area contributed by atoms with E-state index in [1.54, 1.807) is 6.07 Å². The van der Waals surface area contributed by atoms with E-state index in [1.807, 2.05) is 38.5 Å². The van der Waals surface area contributed by atoms with Crippen LogP contribution in [-0.4, -0.2) is 98.9 Å². The molecule has 9 N–H and O–H groups in total. The number of carbonyl (C=O) groups excluding carboxylic acids is 3. The van der Waals surface area contributed by atoms with Crippen molar-refractivity contribution in [1.29, 1.82) is 0 Å². The van der Waals surface area contributed by atoms with Crippen LogP contribution < -0.4 is 43.0 Å². The van der Waals surface area contributed by atoms with Crippen LogP contribution in [0.2, 0.25) is 0 Å². The van der Waals surface area contributed by atoms with Crippen LogP contribution in [0.4, 0.5) is 0 Å². The Bertz CT molecular complexity index is 2710. The lowest BCUT2D eigenvalue weighted by Crippen LogP contribution is -2.63. The molecule has 10 aliphatic rings. The van der Waals surface area contributed by atoms with Crippen molar-refractivity contribution < 1.29 is 23.9 Å². The Balaban J connectivity index is 1.00. The van der Waals surface area contributed by atoms with Crippen LogP contribution in [0, 0.1) is 28.6 Å². The van der Waals surface area contributed by atoms with Crippen LogP contribution in [0.3, 0.4) is 0 Å². The van der Waals surface area contributed by atoms with Crippen molar-refractivity contribution >= 4 is 23.5 Å². The predicted octanol–water partition coefficient (Wildman–Crippen LogP) is 7.34. The number of cyclic esters (lactones) is 1. The third-order valence-corrected chi connectivity index (χ3v) is 19.7. The summed E-state index contributed by atoms with van der Waals surface area (Å²) in [4.78, 5) is 52.0. The topological polar surface area (TPSA) is 196 Å². The third kappa shape index (κ3) is 8.87. The van der Waals surface area contributed by atoms with E-state index < -0.39 is 33.9 Å². The van der Waals surface area contributed by atoms with E-state index in [9.17, 15) is 0 Å². The fourth-order valence-corrected chi connectivity index (χ4v) is 15.8. The number of guanidine groups is 1. The van der Waals surface area contributed by atoms with E-state index in [-0.39, 0.29) is 48.5 Å². The number of epoxide rings is 1. The van der Waals surface area contributed by atoms with Gasteiger partial charge in [-0.25, -0.2) is 4.79 Å². The molecular formula is C61H83N9O5. The number of ketones is 2. The van der Waals surface area contributed by atoms with Crippen LogP contribution in [0.15, 0.2) is 106 Å². The molecule has 0 radical (unpaired) electrons. The molecule has 4 aliphatic carbocycles. The summed E-state index contributed by atoms with van der Waals surface area (Å²) < 4.78 is 13.3. The molecule has 6 heterocycles. The Labute approximate surface area is 444 Å². The Morgan fingerprint density at radius 2 is 1.84 bits per heavy atom. The first-order valence-corrected chi connectivity index (χ1v) is 28.7. The first-order valence-electron chi connectivity index (χ1n) is 28.7. The second-order valence-electron chi connectivity index (χ2n) is 24.0. The van der Waals surface area contributed by atoms with Crippen molar-refractivity contribution in [2.75, 3.05) is 40.3 Å². The van der Waals surface area contributed by atoms with Gasteiger partial charge in [-0.15, -0.1) is 0 Å². The molecule has 4 bridgehead atoms. The molecule has 402 valence electrons. The lowest BCUT2D eigenvalue weighted by atomic mass is 9.57. The van der Waals surface area contributed by atoms with Crippen LogP contribution in [0.5, 0.6) is 0 Å². The number of hydrogen-bond donors (Lipinski definition) is 8. The van der Waals surface area contributed by atoms with Crippen LogP contribution in [-0.2, 0) is 20.7 Å². The summed E-state index contributed by atoms with van der Waals surface area (Å²) in [7, 11) is 3.85. The number of allylic oxidation sites excluding steroid dienone is 5. The highest BCUT2D eigenvalue weighted by molar-refractivity contribution is 6.33. The maximum atomic E-state index is 16.0. The molecule has 11 rings (SSSR count). The molecule has 1 aromatic rings. The van der Waals surface area contributed by atoms with Gasteiger partial charge in [0.15, 0.2) is 17.3 Å². The van der Waals surface area contributed by atoms with Gasteiger partial charge < -0.3 is 52.4 Å². The number of nitrogens with zero attached hydrogens (tertiary/aromatic N) is 1. The van der Waals surface area contributed by atoms with E-state index in [1.165, 1.54) is 16.7 Å². The number of fused-ring (bicyclic) bond motifs is 1. The third-order valence-electron chi connectivity index (χ3n) is 19.7. The molecule has 1 aromatic carbocycles. The van der Waals surface area contributed by atoms with Gasteiger partial charge in [0.1, 0.15) is 5.82 Å². The highest BCUT2D eigenvalue weighted by Crippen LogP contribution is 2.62. The molecule has 0 aromatic heterocycles. The summed E-state index contributed by atoms with van der Waals surface area (Å²) >= 11 is 0. The zero-order valence-corrected chi connectivity index (χ0v) is 45.2. The first kappa shape index (κ1) is 51.8. The van der Waals surface area contributed by atoms with Gasteiger partial charge in [0.25, 0.3) is 5.60 Å². The molecule has 1 unspecified atom stereocenters. The second kappa shape index (κ2) is 20.6. The Hall–Kier alpha value is -5.28. The van der Waals surface area contributed by atoms with Gasteiger partial charge in [0, 0.05) is 61.3 Å². The molecule has 75 heavy (non-hydrogen) atoms. The summed E-state index contributed by atoms with van der Waals surface area (Å²) in [6.45, 7) is 9.01. The molecule has 14 nitrogen and oxygen atoms in total. The number of Topliss-reactive ketones (excluding diaryl/α,β-unsaturated/α-hetero) is 2. The number of rotatable bonds is 10. The largest absolute Gasteiger partial charge is 0.463 e. The van der Waals surface area contributed by atoms with Crippen molar-refractivity contribution in [3.63, 3.8) is 0 Å². The number of carbonyl (C=O) groups is 3. The standard InChI is InChI=1S/C61H83N9O5/c1-6-65-48-33-41-16-11-15-40-14-7-8-25-57(3,34-39-19-21-49(62)68-36-39)35-42-17-12-18-45-51(42)53(72)61(55(73)74-37-43(48)32-46(40)41)60(75-61,52(45)71)29-23-38(2)58(26-9-10-27-58)59(28-13-30-67-56(64-5)70-59)47-24-31-66-54-44(47)20-22-50(63-4)69-54/h11-12,16-19,21,23-24,33,36,40,43,46,48-50,63,65-66,68-69H,6-10,13-15,20,22,25-32,34-35,37,62H2,1-5H3,(H2,64,67,70)/b38-23+/t40-,43+,46-,48+,49?,50-,57+,59+,60+,61+/m1/s1. The average Bonchev–Trinajstić information content (AvgIpc) is 4.13. The fourth-order valence-electron chi connectivity index (χ4n) is 15.8. The lowest BCUT2D eigenvalue weighted by molar-refractivity contribution is -0.150. The van der Waals surface area contributed by atoms with Gasteiger partial charge in [-0.2, -0.15) is 0 Å². The van der Waals surface area contributed by atoms with Crippen molar-refractivity contribution in [3.8, 4) is 0 Å². The first-order chi connectivity index (χ1) is 36.3. The Morgan fingerprint density at radius 3 is 2.63 bits per heavy atom. The number of nitrogens with two attached hydrogens (primary N) is 1. The van der Waals surface area contributed by atoms with E-state index in [2.05, 4.69) is 94.4 Å². The highest BCUT2D eigenvalue weighted by Gasteiger charge is 2.85. The SMILES string of the molecule is CCN[C@H]1C=C2C=CC[C@H]3CCCC[C@@](C)(CC4=CNC(N)C=C4)Cc4cccc5c4C(=O)[C@]4(O[C@@]4(C/C=C(\C)C4([C@@]6(C7=CCNC8=C7CC[C@H](NC)N8)CCCNC(=NC)N6)CCCC4)C5=O)C(=O)OC[C@@H]1C[C@@H]23. The number of esters is 1. The van der Waals surface area contributed by atoms with Crippen molar-refractivity contribution in [2.45, 2.75) is 165 Å². The fraction of sp³-hybridized carbons (Fsp3) is 0.607. The smallest absolute Gasteiger partial charge is 0.350 e. The maximum absolute atomic E-state index is 16.0. The molecule has 3 fully saturated rings. The van der Waals surface area contributed by atoms with Crippen molar-refractivity contribution in [3.05, 3.63) is 117 Å². The number of likely N-dealkylation sites (N-methyl/N-ethyl adjacent to an activating group) is 1. The number of benzene rings is 1. The minimum Gasteiger partial charge on any atom is -0.463 e. The van der Waals surface area contributed by atoms with Crippen molar-refractivity contribution in [1.82, 2.24) is 37.2 Å². The minimum atomic E-state index is -2.12. The number of nitrogens with one attached hydrogen (secondary N) is 7. The quantitative estimate of drug-likeness (QED) is 0.0503. The number of hydrogen-bond acceptors (Lipinski definition) is 12. The van der Waals surface area contributed by atoms with Gasteiger partial charge >= 0.3 is 5.97 Å². The Morgan fingerprint density at radius 1 is 1.00 bits per heavy atom. The second-order valence-corrected chi connectivity index (χ2v) is 24.0. The van der Waals surface area contributed by atoms with E-state index in [4.69, 9.17) is 20.2 Å². The number of aliphatic imine (C=N–C) groups is 1. The Kier molecular flexibility index (Phi) is 14.2. The van der Waals surface area contributed by atoms with Gasteiger partial charge in [0.05, 0.1) is 24.5 Å². The molecule has 0 amide bonds. The predicted molar refractivity (Wildman–Crippen MR) is 294 cm³/mol. The van der Waals surface area contributed by atoms with Crippen LogP contribution in [0.1, 0.15) is 150 Å². The summed E-state index contributed by atoms with van der Waals surface area (Å²) in [6, 6.07) is 5.68. The van der Waals surface area contributed by atoms with Crippen LogP contribution >= 0.6 is 0 Å². The highest BCUT2D eigenvalue weighted by atomic mass is 16.7. The molecular weight excluding hydrogens is 939 g/mol. The monoisotopic (exact) mass is 1020 g/mol. The number of dihydropyridines is 2. The van der Waals surface area contributed by atoms with Crippen molar-refractivity contribution in [2.24, 2.45) is 39.3 Å². The number of ether oxygens (including phenoxy) is 2. The summed E-state index contributed by atoms with van der Waals surface area (Å²) in [6.07, 6.45) is 32.6. The molecule has 10 atom stereocenters. The zero-order valence-electron chi connectivity index (χ0n) is 45.2. The summed E-state index contributed by atoms with van der Waals surface area (Å²) in [5.41, 5.74) is 8.74.